The Morgan fingerprint density at radius 1 is 1.14 bits per heavy atom. The maximum Gasteiger partial charge on any atom is 0.192 e. The average molecular weight is 336 g/mol. The predicted molar refractivity (Wildman–Crippen MR) is 84.1 cm³/mol. The van der Waals surface area contributed by atoms with Crippen LogP contribution in [0.25, 0.3) is 6.08 Å². The summed E-state index contributed by atoms with van der Waals surface area (Å²) in [6.45, 7) is 0. The summed E-state index contributed by atoms with van der Waals surface area (Å²) < 4.78 is 37.4. The summed E-state index contributed by atoms with van der Waals surface area (Å²) in [5, 5.41) is 9.61. The van der Waals surface area contributed by atoms with Crippen LogP contribution < -0.4 is 0 Å². The lowest BCUT2D eigenvalue weighted by atomic mass is 10.2. The molecule has 2 rings (SSSR count). The minimum Gasteiger partial charge on any atom is -0.223 e. The van der Waals surface area contributed by atoms with Gasteiger partial charge in [-0.25, -0.2) is 12.8 Å². The number of sulfone groups is 1. The highest BCUT2D eigenvalue weighted by Gasteiger charge is 2.18. The first-order valence-electron chi connectivity index (χ1n) is 6.25. The number of nitrogens with zero attached hydrogens (tertiary/aromatic N) is 1. The second kappa shape index (κ2) is 6.73. The minimum atomic E-state index is -3.78. The predicted octanol–water partition coefficient (Wildman–Crippen LogP) is 3.96. The number of hydrogen-bond acceptors (Lipinski definition) is 3. The fourth-order valence-electron chi connectivity index (χ4n) is 1.78. The van der Waals surface area contributed by atoms with E-state index < -0.39 is 15.7 Å². The zero-order valence-electron chi connectivity index (χ0n) is 11.3. The van der Waals surface area contributed by atoms with Crippen molar-refractivity contribution in [1.29, 1.82) is 5.26 Å². The molecule has 0 saturated carbocycles. The summed E-state index contributed by atoms with van der Waals surface area (Å²) in [7, 11) is -3.78. The van der Waals surface area contributed by atoms with Gasteiger partial charge in [0.25, 0.3) is 0 Å². The summed E-state index contributed by atoms with van der Waals surface area (Å²) in [5.74, 6) is -0.732. The molecular formula is C16H11ClFNO2S. The van der Waals surface area contributed by atoms with Gasteiger partial charge >= 0.3 is 0 Å². The summed E-state index contributed by atoms with van der Waals surface area (Å²) in [4.78, 5) is -0.367. The number of nitriles is 1. The van der Waals surface area contributed by atoms with Crippen molar-refractivity contribution < 1.29 is 12.8 Å². The van der Waals surface area contributed by atoms with Crippen molar-refractivity contribution >= 4 is 27.5 Å². The molecule has 6 heteroatoms. The molecular weight excluding hydrogens is 325 g/mol. The number of hydrogen-bond donors (Lipinski definition) is 0. The van der Waals surface area contributed by atoms with Gasteiger partial charge in [0.15, 0.2) is 9.84 Å². The Morgan fingerprint density at radius 3 is 2.27 bits per heavy atom. The summed E-state index contributed by atoms with van der Waals surface area (Å²) in [5.41, 5.74) is 0.974. The molecule has 0 atom stereocenters. The Bertz CT molecular complexity index is 835. The van der Waals surface area contributed by atoms with Crippen LogP contribution in [0.15, 0.2) is 53.4 Å². The van der Waals surface area contributed by atoms with Crippen molar-refractivity contribution in [2.24, 2.45) is 0 Å². The molecule has 0 saturated heterocycles. The molecule has 0 spiro atoms. The van der Waals surface area contributed by atoms with Crippen LogP contribution in [0.4, 0.5) is 4.39 Å². The third-order valence-electron chi connectivity index (χ3n) is 2.88. The highest BCUT2D eigenvalue weighted by atomic mass is 35.5. The second-order valence-electron chi connectivity index (χ2n) is 4.56. The second-order valence-corrected chi connectivity index (χ2v) is 6.95. The Hall–Kier alpha value is -2.16. The SMILES string of the molecule is N#CC(=Cc1ccc(F)cc1)S(=O)(=O)Cc1ccc(Cl)cc1. The lowest BCUT2D eigenvalue weighted by molar-refractivity contribution is 0.602. The summed E-state index contributed by atoms with van der Waals surface area (Å²) in [6, 6.07) is 13.3. The molecule has 2 aromatic carbocycles. The highest BCUT2D eigenvalue weighted by molar-refractivity contribution is 7.95. The van der Waals surface area contributed by atoms with Gasteiger partial charge in [-0.2, -0.15) is 5.26 Å². The Morgan fingerprint density at radius 2 is 1.73 bits per heavy atom. The Labute approximate surface area is 133 Å². The van der Waals surface area contributed by atoms with Crippen LogP contribution in [0, 0.1) is 17.1 Å². The van der Waals surface area contributed by atoms with Crippen molar-refractivity contribution in [1.82, 2.24) is 0 Å². The quantitative estimate of drug-likeness (QED) is 0.795. The molecule has 2 aromatic rings. The molecule has 0 aliphatic rings. The zero-order chi connectivity index (χ0) is 16.2. The lowest BCUT2D eigenvalue weighted by Gasteiger charge is -2.04. The van der Waals surface area contributed by atoms with Crippen molar-refractivity contribution in [3.05, 3.63) is 75.4 Å². The molecule has 0 amide bonds. The molecule has 0 heterocycles. The van der Waals surface area contributed by atoms with Crippen LogP contribution in [-0.2, 0) is 15.6 Å². The first-order valence-corrected chi connectivity index (χ1v) is 8.28. The molecule has 0 aromatic heterocycles. The number of allylic oxidation sites excluding steroid dienone is 1. The highest BCUT2D eigenvalue weighted by Crippen LogP contribution is 2.19. The van der Waals surface area contributed by atoms with Gasteiger partial charge in [0.2, 0.25) is 0 Å². The van der Waals surface area contributed by atoms with Crippen molar-refractivity contribution in [2.45, 2.75) is 5.75 Å². The van der Waals surface area contributed by atoms with Crippen LogP contribution in [0.2, 0.25) is 5.02 Å². The average Bonchev–Trinajstić information content (AvgIpc) is 2.48. The number of halogens is 2. The van der Waals surface area contributed by atoms with E-state index in [4.69, 9.17) is 16.9 Å². The van der Waals surface area contributed by atoms with E-state index in [1.54, 1.807) is 30.3 Å². The van der Waals surface area contributed by atoms with E-state index in [1.165, 1.54) is 30.3 Å². The molecule has 3 nitrogen and oxygen atoms in total. The standard InChI is InChI=1S/C16H11ClFNO2S/c17-14-5-1-13(2-6-14)11-22(20,21)16(10-19)9-12-3-7-15(18)8-4-12/h1-9H,11H2. The Balaban J connectivity index is 2.31. The molecule has 112 valence electrons. The van der Waals surface area contributed by atoms with Crippen LogP contribution in [0.1, 0.15) is 11.1 Å². The monoisotopic (exact) mass is 335 g/mol. The van der Waals surface area contributed by atoms with Gasteiger partial charge in [0, 0.05) is 5.02 Å². The maximum absolute atomic E-state index is 12.8. The maximum atomic E-state index is 12.8. The minimum absolute atomic E-state index is 0.301. The molecule has 22 heavy (non-hydrogen) atoms. The molecule has 0 bridgehead atoms. The first kappa shape index (κ1) is 16.2. The fraction of sp³-hybridized carbons (Fsp3) is 0.0625. The van der Waals surface area contributed by atoms with Crippen molar-refractivity contribution in [3.8, 4) is 6.07 Å². The van der Waals surface area contributed by atoms with E-state index in [9.17, 15) is 12.8 Å². The van der Waals surface area contributed by atoms with Crippen molar-refractivity contribution in [2.75, 3.05) is 0 Å². The van der Waals surface area contributed by atoms with E-state index in [0.29, 0.717) is 16.1 Å². The van der Waals surface area contributed by atoms with Gasteiger partial charge in [-0.15, -0.1) is 0 Å². The van der Waals surface area contributed by atoms with Gasteiger partial charge in [-0.05, 0) is 41.5 Å². The van der Waals surface area contributed by atoms with Gasteiger partial charge in [0.05, 0.1) is 5.75 Å². The lowest BCUT2D eigenvalue weighted by Crippen LogP contribution is -2.06. The van der Waals surface area contributed by atoms with Gasteiger partial charge in [-0.3, -0.25) is 0 Å². The van der Waals surface area contributed by atoms with E-state index in [2.05, 4.69) is 0 Å². The molecule has 0 fully saturated rings. The largest absolute Gasteiger partial charge is 0.223 e. The number of rotatable bonds is 4. The van der Waals surface area contributed by atoms with Gasteiger partial charge in [0.1, 0.15) is 16.8 Å². The Kier molecular flexibility index (Phi) is 4.96. The molecule has 0 unspecified atom stereocenters. The first-order chi connectivity index (χ1) is 10.4. The normalized spacial score (nSPS) is 12.0. The van der Waals surface area contributed by atoms with Crippen LogP contribution in [0.3, 0.4) is 0 Å². The van der Waals surface area contributed by atoms with E-state index in [0.717, 1.165) is 0 Å². The topological polar surface area (TPSA) is 57.9 Å². The third kappa shape index (κ3) is 4.17. The molecule has 0 aliphatic carbocycles. The molecule has 0 aliphatic heterocycles. The molecule has 0 N–H and O–H groups in total. The van der Waals surface area contributed by atoms with Crippen LogP contribution >= 0.6 is 11.6 Å². The summed E-state index contributed by atoms with van der Waals surface area (Å²) >= 11 is 5.75. The third-order valence-corrected chi connectivity index (χ3v) is 4.73. The van der Waals surface area contributed by atoms with E-state index >= 15 is 0 Å². The van der Waals surface area contributed by atoms with Gasteiger partial charge < -0.3 is 0 Å². The molecule has 0 radical (unpaired) electrons. The summed E-state index contributed by atoms with van der Waals surface area (Å²) in [6.07, 6.45) is 1.23. The van der Waals surface area contributed by atoms with Crippen molar-refractivity contribution in [3.63, 3.8) is 0 Å². The van der Waals surface area contributed by atoms with E-state index in [1.807, 2.05) is 0 Å². The van der Waals surface area contributed by atoms with Crippen LogP contribution in [0.5, 0.6) is 0 Å². The zero-order valence-corrected chi connectivity index (χ0v) is 12.9. The van der Waals surface area contributed by atoms with Gasteiger partial charge in [-0.1, -0.05) is 35.9 Å². The van der Waals surface area contributed by atoms with E-state index in [-0.39, 0.29) is 10.7 Å². The smallest absolute Gasteiger partial charge is 0.192 e. The van der Waals surface area contributed by atoms with Crippen LogP contribution in [-0.4, -0.2) is 8.42 Å². The number of benzene rings is 2. The fourth-order valence-corrected chi connectivity index (χ4v) is 3.15.